The van der Waals surface area contributed by atoms with Gasteiger partial charge >= 0.3 is 0 Å². The molecule has 5 unspecified atom stereocenters. The van der Waals surface area contributed by atoms with Gasteiger partial charge in [0.15, 0.2) is 6.29 Å². The minimum Gasteiger partial charge on any atom is -0.394 e. The number of likely N-dealkylation sites (tertiary alicyclic amines) is 1. The molecule has 3 aliphatic rings. The van der Waals surface area contributed by atoms with Crippen LogP contribution in [-0.2, 0) is 28.6 Å². The molecular formula is C32H57N3O10. The lowest BCUT2D eigenvalue weighted by Gasteiger charge is -2.42. The van der Waals surface area contributed by atoms with E-state index in [4.69, 9.17) is 14.2 Å². The molecule has 0 bridgehead atoms. The van der Waals surface area contributed by atoms with Crippen LogP contribution in [0.15, 0.2) is 0 Å². The second-order valence-electron chi connectivity index (χ2n) is 13.0. The predicted octanol–water partition coefficient (Wildman–Crippen LogP) is 0.741. The van der Waals surface area contributed by atoms with Gasteiger partial charge in [0.1, 0.15) is 24.4 Å². The van der Waals surface area contributed by atoms with E-state index in [1.54, 1.807) is 4.90 Å². The first-order valence-corrected chi connectivity index (χ1v) is 17.0. The predicted molar refractivity (Wildman–Crippen MR) is 165 cm³/mol. The molecule has 0 aromatic heterocycles. The van der Waals surface area contributed by atoms with Crippen molar-refractivity contribution in [3.63, 3.8) is 0 Å². The Morgan fingerprint density at radius 2 is 1.60 bits per heavy atom. The number of carbonyl (C=O) groups is 3. The Morgan fingerprint density at radius 1 is 0.889 bits per heavy atom. The second-order valence-corrected chi connectivity index (χ2v) is 13.0. The number of carbonyl (C=O) groups excluding carboxylic acids is 3. The summed E-state index contributed by atoms with van der Waals surface area (Å²) in [6.07, 6.45) is 5.91. The normalized spacial score (nSPS) is 32.0. The number of nitrogens with zero attached hydrogens (tertiary/aromatic N) is 1. The molecule has 0 radical (unpaired) electrons. The van der Waals surface area contributed by atoms with E-state index >= 15 is 0 Å². The highest BCUT2D eigenvalue weighted by molar-refractivity contribution is 5.77. The van der Waals surface area contributed by atoms with Crippen LogP contribution in [0, 0.1) is 5.92 Å². The third-order valence-corrected chi connectivity index (χ3v) is 9.23. The maximum absolute atomic E-state index is 12.9. The highest BCUT2D eigenvalue weighted by atomic mass is 16.7. The van der Waals surface area contributed by atoms with E-state index in [1.165, 1.54) is 19.8 Å². The fraction of sp³-hybridized carbons (Fsp3) is 0.906. The van der Waals surface area contributed by atoms with Crippen molar-refractivity contribution in [1.29, 1.82) is 0 Å². The van der Waals surface area contributed by atoms with Gasteiger partial charge in [-0.2, -0.15) is 0 Å². The first-order valence-electron chi connectivity index (χ1n) is 17.0. The molecule has 260 valence electrons. The SMILES string of the molecule is CC(=O)NC1C(OCCCCCC(=O)NCCCCCC(=O)N2C[C@H](OC3CCC(C)CC3)C[C@H]2CO)OC(CO)C(O)C1O. The fourth-order valence-corrected chi connectivity index (χ4v) is 6.50. The van der Waals surface area contributed by atoms with Gasteiger partial charge < -0.3 is 50.2 Å². The van der Waals surface area contributed by atoms with Gasteiger partial charge in [0, 0.05) is 39.5 Å². The van der Waals surface area contributed by atoms with Crippen molar-refractivity contribution in [2.24, 2.45) is 5.92 Å². The lowest BCUT2D eigenvalue weighted by Crippen LogP contribution is -2.64. The summed E-state index contributed by atoms with van der Waals surface area (Å²) in [5.41, 5.74) is 0. The third-order valence-electron chi connectivity index (χ3n) is 9.23. The van der Waals surface area contributed by atoms with E-state index in [1.807, 2.05) is 0 Å². The second kappa shape index (κ2) is 19.7. The maximum atomic E-state index is 12.9. The number of ether oxygens (including phenoxy) is 3. The summed E-state index contributed by atoms with van der Waals surface area (Å²) in [6.45, 7) is 4.39. The van der Waals surface area contributed by atoms with Crippen LogP contribution in [0.25, 0.3) is 0 Å². The highest BCUT2D eigenvalue weighted by Gasteiger charge is 2.45. The molecule has 0 aromatic carbocycles. The minimum atomic E-state index is -1.36. The molecule has 0 aromatic rings. The largest absolute Gasteiger partial charge is 0.394 e. The van der Waals surface area contributed by atoms with Gasteiger partial charge in [0.2, 0.25) is 17.7 Å². The van der Waals surface area contributed by atoms with E-state index in [0.717, 1.165) is 44.4 Å². The summed E-state index contributed by atoms with van der Waals surface area (Å²) in [4.78, 5) is 38.4. The zero-order chi connectivity index (χ0) is 32.8. The molecule has 2 aliphatic heterocycles. The summed E-state index contributed by atoms with van der Waals surface area (Å²) in [7, 11) is 0. The van der Waals surface area contributed by atoms with Gasteiger partial charge in [0.25, 0.3) is 0 Å². The summed E-state index contributed by atoms with van der Waals surface area (Å²) < 4.78 is 17.5. The highest BCUT2D eigenvalue weighted by Crippen LogP contribution is 2.30. The van der Waals surface area contributed by atoms with Crippen LogP contribution in [0.1, 0.15) is 97.3 Å². The molecule has 7 atom stereocenters. The molecule has 3 rings (SSSR count). The summed E-state index contributed by atoms with van der Waals surface area (Å²) in [5, 5.41) is 45.1. The minimum absolute atomic E-state index is 0.00388. The monoisotopic (exact) mass is 643 g/mol. The van der Waals surface area contributed by atoms with Gasteiger partial charge in [0.05, 0.1) is 31.5 Å². The zero-order valence-corrected chi connectivity index (χ0v) is 27.1. The Labute approximate surface area is 267 Å². The van der Waals surface area contributed by atoms with Gasteiger partial charge in [-0.25, -0.2) is 0 Å². The van der Waals surface area contributed by atoms with Gasteiger partial charge in [-0.1, -0.05) is 19.8 Å². The van der Waals surface area contributed by atoms with E-state index in [0.29, 0.717) is 45.2 Å². The average molecular weight is 644 g/mol. The maximum Gasteiger partial charge on any atom is 0.222 e. The van der Waals surface area contributed by atoms with Crippen LogP contribution in [0.4, 0.5) is 0 Å². The Morgan fingerprint density at radius 3 is 2.29 bits per heavy atom. The number of aliphatic hydroxyl groups is 4. The molecule has 3 amide bonds. The smallest absolute Gasteiger partial charge is 0.222 e. The van der Waals surface area contributed by atoms with Crippen molar-refractivity contribution >= 4 is 17.7 Å². The lowest BCUT2D eigenvalue weighted by molar-refractivity contribution is -0.270. The van der Waals surface area contributed by atoms with Crippen molar-refractivity contribution in [3.8, 4) is 0 Å². The number of rotatable bonds is 18. The summed E-state index contributed by atoms with van der Waals surface area (Å²) >= 11 is 0. The Bertz CT molecular complexity index is 902. The van der Waals surface area contributed by atoms with Crippen LogP contribution in [-0.4, -0.2) is 125 Å². The average Bonchev–Trinajstić information content (AvgIpc) is 3.43. The quantitative estimate of drug-likeness (QED) is 0.116. The van der Waals surface area contributed by atoms with Crippen molar-refractivity contribution in [1.82, 2.24) is 15.5 Å². The van der Waals surface area contributed by atoms with E-state index < -0.39 is 43.2 Å². The van der Waals surface area contributed by atoms with Gasteiger partial charge in [-0.05, 0) is 63.7 Å². The van der Waals surface area contributed by atoms with E-state index in [2.05, 4.69) is 17.6 Å². The van der Waals surface area contributed by atoms with Crippen LogP contribution >= 0.6 is 0 Å². The number of hydrogen-bond acceptors (Lipinski definition) is 10. The number of hydrogen-bond donors (Lipinski definition) is 6. The van der Waals surface area contributed by atoms with Crippen molar-refractivity contribution < 1.29 is 49.0 Å². The third kappa shape index (κ3) is 12.3. The number of unbranched alkanes of at least 4 members (excludes halogenated alkanes) is 4. The van der Waals surface area contributed by atoms with Gasteiger partial charge in [-0.15, -0.1) is 0 Å². The molecule has 0 spiro atoms. The summed E-state index contributed by atoms with van der Waals surface area (Å²) in [5.74, 6) is 0.382. The Hall–Kier alpha value is -1.87. The van der Waals surface area contributed by atoms with Crippen molar-refractivity contribution in [3.05, 3.63) is 0 Å². The van der Waals surface area contributed by atoms with E-state index in [-0.39, 0.29) is 43.3 Å². The number of aliphatic hydroxyl groups excluding tert-OH is 4. The first-order chi connectivity index (χ1) is 21.6. The standard InChI is InChI=1S/C32H57N3O10/c1-21-11-13-24(14-12-21)44-25-17-23(19-36)35(18-25)28(40)10-6-3-7-15-33-27(39)9-5-4-8-16-43-32-29(34-22(2)38)31(42)30(41)26(20-37)45-32/h21,23-26,29-32,36-37,41-42H,3-20H2,1-2H3,(H,33,39)(H,34,38)/t21?,23-,24?,25+,26?,29?,30?,31?,32?/m0/s1. The molecule has 6 N–H and O–H groups in total. The van der Waals surface area contributed by atoms with Crippen molar-refractivity contribution in [2.75, 3.05) is 32.9 Å². The fourth-order valence-electron chi connectivity index (χ4n) is 6.50. The molecule has 45 heavy (non-hydrogen) atoms. The molecular weight excluding hydrogens is 586 g/mol. The Balaban J connectivity index is 1.21. The zero-order valence-electron chi connectivity index (χ0n) is 27.1. The Kier molecular flexibility index (Phi) is 16.5. The molecule has 2 heterocycles. The molecule has 13 nitrogen and oxygen atoms in total. The van der Waals surface area contributed by atoms with Crippen LogP contribution < -0.4 is 10.6 Å². The molecule has 13 heteroatoms. The van der Waals surface area contributed by atoms with Crippen LogP contribution in [0.5, 0.6) is 0 Å². The van der Waals surface area contributed by atoms with Crippen LogP contribution in [0.3, 0.4) is 0 Å². The number of amides is 3. The van der Waals surface area contributed by atoms with Crippen molar-refractivity contribution in [2.45, 2.75) is 146 Å². The van der Waals surface area contributed by atoms with Crippen LogP contribution in [0.2, 0.25) is 0 Å². The summed E-state index contributed by atoms with van der Waals surface area (Å²) in [6, 6.07) is -1.14. The lowest BCUT2D eigenvalue weighted by atomic mass is 9.89. The first kappa shape index (κ1) is 37.6. The molecule has 3 fully saturated rings. The topological polar surface area (TPSA) is 187 Å². The molecule has 2 saturated heterocycles. The number of nitrogens with one attached hydrogen (secondary N) is 2. The molecule has 1 aliphatic carbocycles. The molecule has 1 saturated carbocycles. The van der Waals surface area contributed by atoms with E-state index in [9.17, 15) is 34.8 Å². The van der Waals surface area contributed by atoms with Gasteiger partial charge in [-0.3, -0.25) is 14.4 Å².